The van der Waals surface area contributed by atoms with Gasteiger partial charge in [-0.3, -0.25) is 0 Å². The second-order valence-electron chi connectivity index (χ2n) is 10.8. The SMILES string of the molecule is CC(C)(C)N.CC1(C)CC(c2cccc(N3CC(C(=O)[O-])C3)c2)c2ccc(C(F)(F)F)cc2O1. The Morgan fingerprint density at radius 2 is 1.74 bits per heavy atom. The molecule has 2 aliphatic rings. The zero-order valence-corrected chi connectivity index (χ0v) is 20.2. The van der Waals surface area contributed by atoms with Crippen molar-refractivity contribution >= 4 is 11.7 Å². The first kappa shape index (κ1) is 25.9. The van der Waals surface area contributed by atoms with Crippen LogP contribution >= 0.6 is 0 Å². The number of hydrogen-bond donors (Lipinski definition) is 1. The lowest BCUT2D eigenvalue weighted by atomic mass is 9.79. The van der Waals surface area contributed by atoms with Crippen LogP contribution < -0.4 is 20.5 Å². The summed E-state index contributed by atoms with van der Waals surface area (Å²) < 4.78 is 45.3. The second-order valence-corrected chi connectivity index (χ2v) is 10.8. The summed E-state index contributed by atoms with van der Waals surface area (Å²) >= 11 is 0. The van der Waals surface area contributed by atoms with Crippen molar-refractivity contribution in [2.45, 2.75) is 64.3 Å². The Morgan fingerprint density at radius 3 is 2.29 bits per heavy atom. The van der Waals surface area contributed by atoms with Gasteiger partial charge in [-0.1, -0.05) is 18.2 Å². The van der Waals surface area contributed by atoms with Gasteiger partial charge in [0.05, 0.1) is 5.56 Å². The van der Waals surface area contributed by atoms with Crippen molar-refractivity contribution in [2.75, 3.05) is 18.0 Å². The number of ether oxygens (including phenoxy) is 1. The summed E-state index contributed by atoms with van der Waals surface area (Å²) in [5.41, 5.74) is 6.61. The Hall–Kier alpha value is -2.74. The van der Waals surface area contributed by atoms with Gasteiger partial charge in [0.2, 0.25) is 0 Å². The lowest BCUT2D eigenvalue weighted by Crippen LogP contribution is -2.54. The van der Waals surface area contributed by atoms with E-state index in [1.807, 2.05) is 63.8 Å². The highest BCUT2D eigenvalue weighted by molar-refractivity contribution is 5.72. The van der Waals surface area contributed by atoms with Gasteiger partial charge in [-0.05, 0) is 70.9 Å². The van der Waals surface area contributed by atoms with Crippen LogP contribution in [0.4, 0.5) is 18.9 Å². The highest BCUT2D eigenvalue weighted by Gasteiger charge is 2.38. The molecule has 0 radical (unpaired) electrons. The number of halogens is 3. The quantitative estimate of drug-likeness (QED) is 0.712. The number of carbonyl (C=O) groups excluding carboxylic acids is 1. The van der Waals surface area contributed by atoms with E-state index >= 15 is 0 Å². The number of nitrogens with zero attached hydrogens (tertiary/aromatic N) is 1. The fourth-order valence-corrected chi connectivity index (χ4v) is 4.10. The summed E-state index contributed by atoms with van der Waals surface area (Å²) in [6.07, 6.45) is -3.81. The molecule has 0 amide bonds. The number of benzene rings is 2. The summed E-state index contributed by atoms with van der Waals surface area (Å²) in [4.78, 5) is 12.9. The van der Waals surface area contributed by atoms with Gasteiger partial charge in [0, 0.05) is 47.7 Å². The normalized spacial score (nSPS) is 19.8. The number of nitrogens with two attached hydrogens (primary N) is 1. The van der Waals surface area contributed by atoms with E-state index < -0.39 is 29.2 Å². The molecule has 0 aliphatic carbocycles. The van der Waals surface area contributed by atoms with Gasteiger partial charge in [-0.2, -0.15) is 13.2 Å². The van der Waals surface area contributed by atoms with Crippen molar-refractivity contribution < 1.29 is 27.8 Å². The largest absolute Gasteiger partial charge is 0.550 e. The van der Waals surface area contributed by atoms with Crippen LogP contribution in [-0.4, -0.2) is 30.2 Å². The minimum Gasteiger partial charge on any atom is -0.550 e. The van der Waals surface area contributed by atoms with E-state index in [1.165, 1.54) is 6.07 Å². The van der Waals surface area contributed by atoms with Gasteiger partial charge in [-0.25, -0.2) is 0 Å². The molecule has 1 saturated heterocycles. The molecule has 0 aromatic heterocycles. The van der Waals surface area contributed by atoms with Crippen LogP contribution in [0.1, 0.15) is 63.6 Å². The molecule has 0 saturated carbocycles. The Labute approximate surface area is 198 Å². The summed E-state index contributed by atoms with van der Waals surface area (Å²) in [6, 6.07) is 11.4. The van der Waals surface area contributed by atoms with Crippen molar-refractivity contribution in [1.82, 2.24) is 0 Å². The molecule has 2 heterocycles. The number of carbonyl (C=O) groups is 1. The van der Waals surface area contributed by atoms with Crippen molar-refractivity contribution in [3.8, 4) is 5.75 Å². The number of anilines is 1. The Balaban J connectivity index is 0.000000588. The fraction of sp³-hybridized carbons (Fsp3) is 0.500. The van der Waals surface area contributed by atoms with Gasteiger partial charge in [0.25, 0.3) is 0 Å². The van der Waals surface area contributed by atoms with Crippen molar-refractivity contribution in [3.05, 3.63) is 59.2 Å². The van der Waals surface area contributed by atoms with Crippen LogP contribution in [0, 0.1) is 5.92 Å². The van der Waals surface area contributed by atoms with E-state index in [0.29, 0.717) is 19.5 Å². The van der Waals surface area contributed by atoms with E-state index in [9.17, 15) is 23.1 Å². The summed E-state index contributed by atoms with van der Waals surface area (Å²) in [5, 5.41) is 10.9. The first-order chi connectivity index (χ1) is 15.5. The smallest absolute Gasteiger partial charge is 0.416 e. The number of rotatable bonds is 3. The number of aliphatic carboxylic acids is 1. The molecule has 5 nitrogen and oxygen atoms in total. The van der Waals surface area contributed by atoms with E-state index in [1.54, 1.807) is 0 Å². The third-order valence-corrected chi connectivity index (χ3v) is 5.65. The maximum absolute atomic E-state index is 13.1. The molecule has 1 unspecified atom stereocenters. The van der Waals surface area contributed by atoms with E-state index in [0.717, 1.165) is 28.9 Å². The van der Waals surface area contributed by atoms with Crippen LogP contribution in [0.25, 0.3) is 0 Å². The number of carboxylic acids is 1. The van der Waals surface area contributed by atoms with Gasteiger partial charge >= 0.3 is 6.18 Å². The summed E-state index contributed by atoms with van der Waals surface area (Å²) in [7, 11) is 0. The molecule has 0 bridgehead atoms. The molecule has 186 valence electrons. The van der Waals surface area contributed by atoms with Crippen LogP contribution in [0.2, 0.25) is 0 Å². The molecule has 1 atom stereocenters. The minimum absolute atomic E-state index is 0. The number of alkyl halides is 3. The fourth-order valence-electron chi connectivity index (χ4n) is 4.10. The first-order valence-corrected chi connectivity index (χ1v) is 11.3. The molecule has 2 N–H and O–H groups in total. The molecule has 1 fully saturated rings. The summed E-state index contributed by atoms with van der Waals surface area (Å²) in [5.74, 6) is -1.37. The third kappa shape index (κ3) is 6.44. The number of hydrogen-bond acceptors (Lipinski definition) is 5. The standard InChI is InChI=1S/C22H22F3NO3.C4H11N/c1-21(2)10-18(17-7-6-15(22(23,24)25)9-19(17)29-21)13-4-3-5-16(8-13)26-11-14(12-26)20(27)28;1-4(2,3)5/h3-9,14,18H,10-12H2,1-2H3,(H,27,28);5H2,1-3H3/p-1. The maximum atomic E-state index is 13.1. The van der Waals surface area contributed by atoms with Gasteiger partial charge < -0.3 is 25.3 Å². The Bertz CT molecular complexity index is 1030. The van der Waals surface area contributed by atoms with Gasteiger partial charge in [0.1, 0.15) is 11.4 Å². The molecule has 8 heteroatoms. The van der Waals surface area contributed by atoms with Crippen LogP contribution in [-0.2, 0) is 11.0 Å². The average Bonchev–Trinajstić information content (AvgIpc) is 2.63. The van der Waals surface area contributed by atoms with E-state index in [-0.39, 0.29) is 17.2 Å². The predicted molar refractivity (Wildman–Crippen MR) is 124 cm³/mol. The van der Waals surface area contributed by atoms with Crippen LogP contribution in [0.15, 0.2) is 42.5 Å². The van der Waals surface area contributed by atoms with Gasteiger partial charge in [0.15, 0.2) is 0 Å². The summed E-state index contributed by atoms with van der Waals surface area (Å²) in [6.45, 7) is 10.4. The molecule has 2 aromatic rings. The third-order valence-electron chi connectivity index (χ3n) is 5.65. The van der Waals surface area contributed by atoms with E-state index in [4.69, 9.17) is 10.5 Å². The monoisotopic (exact) mass is 477 g/mol. The molecular weight excluding hydrogens is 445 g/mol. The highest BCUT2D eigenvalue weighted by Crippen LogP contribution is 2.46. The van der Waals surface area contributed by atoms with Gasteiger partial charge in [-0.15, -0.1) is 0 Å². The van der Waals surface area contributed by atoms with Crippen LogP contribution in [0.5, 0.6) is 5.75 Å². The first-order valence-electron chi connectivity index (χ1n) is 11.3. The molecule has 0 spiro atoms. The lowest BCUT2D eigenvalue weighted by molar-refractivity contribution is -0.312. The van der Waals surface area contributed by atoms with E-state index in [2.05, 4.69) is 0 Å². The van der Waals surface area contributed by atoms with Crippen LogP contribution in [0.3, 0.4) is 0 Å². The molecule has 34 heavy (non-hydrogen) atoms. The zero-order valence-electron chi connectivity index (χ0n) is 20.2. The second kappa shape index (κ2) is 9.13. The maximum Gasteiger partial charge on any atom is 0.416 e. The molecule has 4 rings (SSSR count). The molecule has 2 aliphatic heterocycles. The lowest BCUT2D eigenvalue weighted by Gasteiger charge is -2.42. The van der Waals surface area contributed by atoms with Crippen molar-refractivity contribution in [3.63, 3.8) is 0 Å². The van der Waals surface area contributed by atoms with Crippen molar-refractivity contribution in [1.29, 1.82) is 0 Å². The zero-order chi connectivity index (χ0) is 25.5. The average molecular weight is 478 g/mol. The Kier molecular flexibility index (Phi) is 6.95. The molecule has 2 aromatic carbocycles. The number of carboxylic acid groups (broad SMARTS) is 1. The Morgan fingerprint density at radius 1 is 1.12 bits per heavy atom. The van der Waals surface area contributed by atoms with Crippen molar-refractivity contribution in [2.24, 2.45) is 11.7 Å². The highest BCUT2D eigenvalue weighted by atomic mass is 19.4. The number of fused-ring (bicyclic) bond motifs is 1. The topological polar surface area (TPSA) is 78.6 Å². The molecular formula is C26H32F3N2O3-. The minimum atomic E-state index is -4.43. The predicted octanol–water partition coefficient (Wildman–Crippen LogP) is 4.33.